The Bertz CT molecular complexity index is 61.2. The fourth-order valence-electron chi connectivity index (χ4n) is 0. The molecule has 0 bridgehead atoms. The average Bonchev–Trinajstić information content (AvgIpc) is 1.36. The molecule has 1 atom stereocenters. The van der Waals surface area contributed by atoms with Crippen LogP contribution in [0.15, 0.2) is 0 Å². The van der Waals surface area contributed by atoms with Gasteiger partial charge in [0.1, 0.15) is 0 Å². The van der Waals surface area contributed by atoms with Crippen LogP contribution in [0.5, 0.6) is 0 Å². The Labute approximate surface area is 90.5 Å². The SMILES string of the molecule is CC(O)C(=O)[O-].[Rb+]. The zero-order valence-electron chi connectivity index (χ0n) is 4.34. The molecule has 0 fully saturated rings. The summed E-state index contributed by atoms with van der Waals surface area (Å²) >= 11 is 0. The number of carbonyl (C=O) groups is 1. The van der Waals surface area contributed by atoms with E-state index in [1.165, 1.54) is 0 Å². The van der Waals surface area contributed by atoms with Gasteiger partial charge in [-0.1, -0.05) is 0 Å². The number of aliphatic hydroxyl groups excluding tert-OH is 1. The van der Waals surface area contributed by atoms with Crippen LogP contribution in [0.4, 0.5) is 0 Å². The number of carboxylic acid groups (broad SMARTS) is 1. The van der Waals surface area contributed by atoms with Crippen LogP contribution in [0.1, 0.15) is 6.92 Å². The first-order valence-electron chi connectivity index (χ1n) is 1.53. The predicted molar refractivity (Wildman–Crippen MR) is 16.7 cm³/mol. The van der Waals surface area contributed by atoms with Gasteiger partial charge in [-0.25, -0.2) is 0 Å². The fraction of sp³-hybridized carbons (Fsp3) is 0.667. The molecule has 0 aliphatic rings. The molecule has 0 aromatic heterocycles. The topological polar surface area (TPSA) is 60.4 Å². The number of rotatable bonds is 1. The Hall–Kier alpha value is 1.24. The summed E-state index contributed by atoms with van der Waals surface area (Å²) in [5.74, 6) is -1.44. The second kappa shape index (κ2) is 5.37. The summed E-state index contributed by atoms with van der Waals surface area (Å²) in [7, 11) is 0. The predicted octanol–water partition coefficient (Wildman–Crippen LogP) is -4.88. The number of carboxylic acids is 1. The molecule has 1 N–H and O–H groups in total. The van der Waals surface area contributed by atoms with Crippen LogP contribution in [0.25, 0.3) is 0 Å². The van der Waals surface area contributed by atoms with E-state index in [2.05, 4.69) is 0 Å². The molecular formula is C3H5O3Rb. The van der Waals surface area contributed by atoms with Crippen molar-refractivity contribution in [2.45, 2.75) is 13.0 Å². The van der Waals surface area contributed by atoms with Crippen molar-refractivity contribution in [1.82, 2.24) is 0 Å². The van der Waals surface area contributed by atoms with Crippen molar-refractivity contribution in [1.29, 1.82) is 0 Å². The minimum Gasteiger partial charge on any atom is -0.547 e. The quantitative estimate of drug-likeness (QED) is 0.434. The van der Waals surface area contributed by atoms with Crippen molar-refractivity contribution in [3.63, 3.8) is 0 Å². The maximum atomic E-state index is 9.34. The largest absolute Gasteiger partial charge is 1.00 e. The van der Waals surface area contributed by atoms with Crippen molar-refractivity contribution in [3.8, 4) is 0 Å². The third-order valence-electron chi connectivity index (χ3n) is 0.341. The van der Waals surface area contributed by atoms with Crippen LogP contribution < -0.4 is 63.3 Å². The summed E-state index contributed by atoms with van der Waals surface area (Å²) in [6.45, 7) is 1.13. The van der Waals surface area contributed by atoms with Crippen molar-refractivity contribution >= 4 is 5.97 Å². The van der Waals surface area contributed by atoms with Gasteiger partial charge in [-0.15, -0.1) is 0 Å². The van der Waals surface area contributed by atoms with Gasteiger partial charge in [0.25, 0.3) is 0 Å². The number of carbonyl (C=O) groups excluding carboxylic acids is 1. The molecule has 3 nitrogen and oxygen atoms in total. The van der Waals surface area contributed by atoms with E-state index < -0.39 is 12.1 Å². The molecule has 0 rings (SSSR count). The molecule has 0 heterocycles. The van der Waals surface area contributed by atoms with E-state index >= 15 is 0 Å². The first-order valence-corrected chi connectivity index (χ1v) is 1.53. The molecule has 0 amide bonds. The molecule has 0 saturated heterocycles. The van der Waals surface area contributed by atoms with Gasteiger partial charge < -0.3 is 15.0 Å². The maximum absolute atomic E-state index is 9.34. The second-order valence-corrected chi connectivity index (χ2v) is 0.995. The summed E-state index contributed by atoms with van der Waals surface area (Å²) < 4.78 is 0. The van der Waals surface area contributed by atoms with Crippen molar-refractivity contribution in [2.24, 2.45) is 0 Å². The maximum Gasteiger partial charge on any atom is 1.00 e. The van der Waals surface area contributed by atoms with Crippen LogP contribution in [-0.4, -0.2) is 17.2 Å². The third-order valence-corrected chi connectivity index (χ3v) is 0.341. The van der Waals surface area contributed by atoms with Crippen molar-refractivity contribution in [3.05, 3.63) is 0 Å². The average molecular weight is 175 g/mol. The Morgan fingerprint density at radius 1 is 1.86 bits per heavy atom. The van der Waals surface area contributed by atoms with Gasteiger partial charge in [-0.2, -0.15) is 0 Å². The van der Waals surface area contributed by atoms with Gasteiger partial charge in [0, 0.05) is 0 Å². The normalized spacial score (nSPS) is 11.7. The standard InChI is InChI=1S/C3H6O3.Rb/c1-2(4)3(5)6;/h2,4H,1H3,(H,5,6);/q;+1/p-1. The molecule has 0 saturated carbocycles. The van der Waals surface area contributed by atoms with Gasteiger partial charge in [0.2, 0.25) is 0 Å². The van der Waals surface area contributed by atoms with Gasteiger partial charge in [0.05, 0.1) is 12.1 Å². The Morgan fingerprint density at radius 2 is 2.00 bits per heavy atom. The number of aliphatic hydroxyl groups is 1. The molecule has 4 heteroatoms. The van der Waals surface area contributed by atoms with Gasteiger partial charge in [0.15, 0.2) is 0 Å². The van der Waals surface area contributed by atoms with Crippen LogP contribution in [0, 0.1) is 0 Å². The van der Waals surface area contributed by atoms with Crippen molar-refractivity contribution < 1.29 is 73.2 Å². The van der Waals surface area contributed by atoms with E-state index in [0.29, 0.717) is 0 Å². The molecule has 0 aliphatic heterocycles. The van der Waals surface area contributed by atoms with Crippen LogP contribution in [0.2, 0.25) is 0 Å². The van der Waals surface area contributed by atoms with E-state index in [0.717, 1.165) is 6.92 Å². The summed E-state index contributed by atoms with van der Waals surface area (Å²) in [5, 5.41) is 17.3. The molecule has 0 spiro atoms. The molecule has 0 radical (unpaired) electrons. The van der Waals surface area contributed by atoms with Gasteiger partial charge >= 0.3 is 58.2 Å². The number of aliphatic carboxylic acids is 1. The van der Waals surface area contributed by atoms with E-state index in [1.54, 1.807) is 0 Å². The third kappa shape index (κ3) is 7.24. The van der Waals surface area contributed by atoms with E-state index in [9.17, 15) is 9.90 Å². The van der Waals surface area contributed by atoms with E-state index in [-0.39, 0.29) is 58.2 Å². The van der Waals surface area contributed by atoms with Crippen LogP contribution >= 0.6 is 0 Å². The second-order valence-electron chi connectivity index (χ2n) is 0.995. The molecule has 0 aliphatic carbocycles. The molecule has 7 heavy (non-hydrogen) atoms. The summed E-state index contributed by atoms with van der Waals surface area (Å²) in [4.78, 5) is 9.34. The Morgan fingerprint density at radius 3 is 2.00 bits per heavy atom. The molecule has 0 aromatic carbocycles. The van der Waals surface area contributed by atoms with Crippen molar-refractivity contribution in [2.75, 3.05) is 0 Å². The van der Waals surface area contributed by atoms with E-state index in [1.807, 2.05) is 0 Å². The Balaban J connectivity index is 0. The van der Waals surface area contributed by atoms with Crippen LogP contribution in [-0.2, 0) is 4.79 Å². The van der Waals surface area contributed by atoms with Gasteiger partial charge in [-0.3, -0.25) is 0 Å². The first-order chi connectivity index (χ1) is 2.64. The summed E-state index contributed by atoms with van der Waals surface area (Å²) in [5.41, 5.74) is 0. The van der Waals surface area contributed by atoms with E-state index in [4.69, 9.17) is 5.11 Å². The first kappa shape index (κ1) is 11.1. The monoisotopic (exact) mass is 174 g/mol. The minimum absolute atomic E-state index is 0. The number of hydrogen-bond acceptors (Lipinski definition) is 3. The zero-order valence-corrected chi connectivity index (χ0v) is 9.26. The molecule has 0 aromatic rings. The molecule has 36 valence electrons. The minimum atomic E-state index is -1.44. The molecular weight excluding hydrogens is 169 g/mol. The fourth-order valence-corrected chi connectivity index (χ4v) is 0. The summed E-state index contributed by atoms with van der Waals surface area (Å²) in [6.07, 6.45) is -1.34. The molecule has 1 unspecified atom stereocenters. The van der Waals surface area contributed by atoms with Gasteiger partial charge in [-0.05, 0) is 6.92 Å². The zero-order chi connectivity index (χ0) is 5.15. The number of hydrogen-bond donors (Lipinski definition) is 1. The van der Waals surface area contributed by atoms with Crippen LogP contribution in [0.3, 0.4) is 0 Å². The summed E-state index contributed by atoms with van der Waals surface area (Å²) in [6, 6.07) is 0. The Kier molecular flexibility index (Phi) is 8.51. The smallest absolute Gasteiger partial charge is 0.547 e.